The molecule has 1 amide bonds. The Balaban J connectivity index is 2.16. The van der Waals surface area contributed by atoms with Crippen LogP contribution >= 0.6 is 22.9 Å². The fourth-order valence-corrected chi connectivity index (χ4v) is 4.99. The Hall–Kier alpha value is -2.58. The molecule has 0 fully saturated rings. The summed E-state index contributed by atoms with van der Waals surface area (Å²) in [4.78, 5) is 14.8. The summed E-state index contributed by atoms with van der Waals surface area (Å²) in [6, 6.07) is 8.49. The number of alkyl halides is 3. The van der Waals surface area contributed by atoms with Crippen molar-refractivity contribution in [1.29, 1.82) is 5.41 Å². The molecule has 1 aliphatic rings. The van der Waals surface area contributed by atoms with Gasteiger partial charge in [-0.1, -0.05) is 42.4 Å². The van der Waals surface area contributed by atoms with Gasteiger partial charge in [-0.05, 0) is 35.8 Å². The SMILES string of the molecule is C=CC(=O)N1Cc2sc(Cl)cc2[C@H](c2ccccc2/C(=C/NCC)C(=N)C(F)(F)F)C1. The number of thiophene rings is 1. The third-order valence-corrected chi connectivity index (χ3v) is 6.31. The molecule has 3 rings (SSSR count). The number of allylic oxidation sites excluding steroid dienone is 1. The molecule has 2 aromatic rings. The van der Waals surface area contributed by atoms with Gasteiger partial charge in [0.25, 0.3) is 0 Å². The fourth-order valence-electron chi connectivity index (χ4n) is 3.63. The maximum absolute atomic E-state index is 13.5. The van der Waals surface area contributed by atoms with Gasteiger partial charge in [0.05, 0.1) is 10.9 Å². The van der Waals surface area contributed by atoms with Gasteiger partial charge in [-0.25, -0.2) is 0 Å². The molecule has 0 unspecified atom stereocenters. The van der Waals surface area contributed by atoms with Gasteiger partial charge in [0.1, 0.15) is 5.71 Å². The first-order valence-corrected chi connectivity index (χ1v) is 10.7. The van der Waals surface area contributed by atoms with Crippen LogP contribution < -0.4 is 5.32 Å². The zero-order chi connectivity index (χ0) is 22.8. The molecule has 0 bridgehead atoms. The normalized spacial score (nSPS) is 16.6. The molecule has 1 aromatic carbocycles. The molecule has 0 aliphatic carbocycles. The number of fused-ring (bicyclic) bond motifs is 1. The lowest BCUT2D eigenvalue weighted by Gasteiger charge is -2.33. The van der Waals surface area contributed by atoms with Crippen molar-refractivity contribution < 1.29 is 18.0 Å². The summed E-state index contributed by atoms with van der Waals surface area (Å²) in [7, 11) is 0. The van der Waals surface area contributed by atoms with E-state index >= 15 is 0 Å². The lowest BCUT2D eigenvalue weighted by atomic mass is 9.83. The maximum Gasteiger partial charge on any atom is 0.433 e. The number of hydrogen-bond acceptors (Lipinski definition) is 4. The molecule has 164 valence electrons. The lowest BCUT2D eigenvalue weighted by Crippen LogP contribution is -2.37. The highest BCUT2D eigenvalue weighted by molar-refractivity contribution is 7.16. The Kier molecular flexibility index (Phi) is 6.91. The molecule has 31 heavy (non-hydrogen) atoms. The summed E-state index contributed by atoms with van der Waals surface area (Å²) in [5.74, 6) is -0.650. The van der Waals surface area contributed by atoms with Crippen LogP contribution in [0.25, 0.3) is 5.57 Å². The van der Waals surface area contributed by atoms with E-state index in [1.807, 2.05) is 6.07 Å². The first-order valence-electron chi connectivity index (χ1n) is 9.55. The largest absolute Gasteiger partial charge is 0.433 e. The van der Waals surface area contributed by atoms with Gasteiger partial charge < -0.3 is 10.2 Å². The van der Waals surface area contributed by atoms with Crippen LogP contribution in [-0.2, 0) is 11.3 Å². The molecule has 1 aliphatic heterocycles. The number of nitrogens with one attached hydrogen (secondary N) is 2. The summed E-state index contributed by atoms with van der Waals surface area (Å²) in [5.41, 5.74) is 0.0890. The number of rotatable bonds is 6. The minimum atomic E-state index is -4.80. The highest BCUT2D eigenvalue weighted by atomic mass is 35.5. The Morgan fingerprint density at radius 1 is 1.39 bits per heavy atom. The van der Waals surface area contributed by atoms with E-state index in [0.717, 1.165) is 10.4 Å². The van der Waals surface area contributed by atoms with Gasteiger partial charge in [0.15, 0.2) is 0 Å². The van der Waals surface area contributed by atoms with E-state index in [1.54, 1.807) is 36.1 Å². The molecule has 9 heteroatoms. The lowest BCUT2D eigenvalue weighted by molar-refractivity contribution is -0.127. The number of nitrogens with zero attached hydrogens (tertiary/aromatic N) is 1. The van der Waals surface area contributed by atoms with Gasteiger partial charge in [-0.15, -0.1) is 11.3 Å². The number of carbonyl (C=O) groups is 1. The third-order valence-electron chi connectivity index (χ3n) is 5.04. The first-order chi connectivity index (χ1) is 14.7. The molecule has 4 nitrogen and oxygen atoms in total. The second-order valence-electron chi connectivity index (χ2n) is 6.98. The number of hydrogen-bond donors (Lipinski definition) is 2. The Morgan fingerprint density at radius 2 is 2.10 bits per heavy atom. The smallest absolute Gasteiger partial charge is 0.391 e. The summed E-state index contributed by atoms with van der Waals surface area (Å²) < 4.78 is 41.0. The standard InChI is InChI=1S/C22H21ClF3N3OS/c1-3-20(30)29-11-17(15-9-19(23)31-18(15)12-29)14-8-6-5-7-13(14)16(10-28-4-2)21(27)22(24,25)26/h3,5-10,17,27-28H,1,4,11-12H2,2H3/b16-10-,27-21?/t17-/m0/s1. The zero-order valence-corrected chi connectivity index (χ0v) is 18.3. The van der Waals surface area contributed by atoms with Crippen LogP contribution in [0.3, 0.4) is 0 Å². The van der Waals surface area contributed by atoms with Crippen molar-refractivity contribution in [1.82, 2.24) is 10.2 Å². The summed E-state index contributed by atoms with van der Waals surface area (Å²) in [6.07, 6.45) is -2.35. The van der Waals surface area contributed by atoms with Crippen LogP contribution in [-0.4, -0.2) is 35.8 Å². The fraction of sp³-hybridized carbons (Fsp3) is 0.273. The van der Waals surface area contributed by atoms with Crippen molar-refractivity contribution >= 4 is 40.1 Å². The quantitative estimate of drug-likeness (QED) is 0.429. The van der Waals surface area contributed by atoms with Crippen molar-refractivity contribution in [3.05, 3.63) is 75.1 Å². The number of amides is 1. The number of carbonyl (C=O) groups excluding carboxylic acids is 1. The molecule has 1 atom stereocenters. The second-order valence-corrected chi connectivity index (χ2v) is 8.75. The summed E-state index contributed by atoms with van der Waals surface area (Å²) >= 11 is 7.58. The van der Waals surface area contributed by atoms with Crippen LogP contribution in [0.4, 0.5) is 13.2 Å². The van der Waals surface area contributed by atoms with Crippen LogP contribution in [0.15, 0.2) is 49.2 Å². The van der Waals surface area contributed by atoms with E-state index in [9.17, 15) is 18.0 Å². The Labute approximate surface area is 187 Å². The summed E-state index contributed by atoms with van der Waals surface area (Å²) in [6.45, 7) is 6.35. The van der Waals surface area contributed by atoms with Gasteiger partial charge in [0, 0.05) is 35.7 Å². The van der Waals surface area contributed by atoms with E-state index in [0.29, 0.717) is 23.0 Å². The molecule has 0 spiro atoms. The van der Waals surface area contributed by atoms with Crippen molar-refractivity contribution in [2.24, 2.45) is 0 Å². The van der Waals surface area contributed by atoms with Crippen LogP contribution in [0.2, 0.25) is 4.34 Å². The minimum Gasteiger partial charge on any atom is -0.391 e. The molecule has 0 saturated heterocycles. The highest BCUT2D eigenvalue weighted by Gasteiger charge is 2.39. The first kappa shape index (κ1) is 23.1. The second kappa shape index (κ2) is 9.28. The van der Waals surface area contributed by atoms with Crippen molar-refractivity contribution in [3.63, 3.8) is 0 Å². The molecule has 0 radical (unpaired) electrons. The van der Waals surface area contributed by atoms with E-state index in [1.165, 1.54) is 23.6 Å². The van der Waals surface area contributed by atoms with E-state index < -0.39 is 17.8 Å². The molecular formula is C22H21ClF3N3OS. The Bertz CT molecular complexity index is 1040. The topological polar surface area (TPSA) is 56.2 Å². The minimum absolute atomic E-state index is 0.250. The number of halogens is 4. The maximum atomic E-state index is 13.5. The van der Waals surface area contributed by atoms with Gasteiger partial charge in [0.2, 0.25) is 5.91 Å². The van der Waals surface area contributed by atoms with Gasteiger partial charge >= 0.3 is 6.18 Å². The number of benzene rings is 1. The Morgan fingerprint density at radius 3 is 2.74 bits per heavy atom. The molecular weight excluding hydrogens is 447 g/mol. The molecule has 2 heterocycles. The van der Waals surface area contributed by atoms with Crippen LogP contribution in [0.1, 0.15) is 34.4 Å². The average molecular weight is 468 g/mol. The van der Waals surface area contributed by atoms with Crippen LogP contribution in [0, 0.1) is 5.41 Å². The predicted octanol–water partition coefficient (Wildman–Crippen LogP) is 5.59. The van der Waals surface area contributed by atoms with Gasteiger partial charge in [-0.2, -0.15) is 13.2 Å². The monoisotopic (exact) mass is 467 g/mol. The molecule has 0 saturated carbocycles. The average Bonchev–Trinajstić information content (AvgIpc) is 3.12. The van der Waals surface area contributed by atoms with Crippen molar-refractivity contribution in [2.75, 3.05) is 13.1 Å². The zero-order valence-electron chi connectivity index (χ0n) is 16.7. The van der Waals surface area contributed by atoms with Crippen molar-refractivity contribution in [3.8, 4) is 0 Å². The molecule has 2 N–H and O–H groups in total. The molecule has 1 aromatic heterocycles. The van der Waals surface area contributed by atoms with E-state index in [2.05, 4.69) is 11.9 Å². The van der Waals surface area contributed by atoms with E-state index in [-0.39, 0.29) is 23.6 Å². The summed E-state index contributed by atoms with van der Waals surface area (Å²) in [5, 5.41) is 10.6. The third kappa shape index (κ3) is 4.85. The highest BCUT2D eigenvalue weighted by Crippen LogP contribution is 2.42. The van der Waals surface area contributed by atoms with Crippen molar-refractivity contribution in [2.45, 2.75) is 25.6 Å². The van der Waals surface area contributed by atoms with E-state index in [4.69, 9.17) is 17.0 Å². The predicted molar refractivity (Wildman–Crippen MR) is 119 cm³/mol. The van der Waals surface area contributed by atoms with Crippen LogP contribution in [0.5, 0.6) is 0 Å². The van der Waals surface area contributed by atoms with Gasteiger partial charge in [-0.3, -0.25) is 10.2 Å².